The third kappa shape index (κ3) is 3.13. The number of nitrogens with zero attached hydrogens (tertiary/aromatic N) is 1. The normalized spacial score (nSPS) is 46.1. The molecule has 0 spiro atoms. The van der Waals surface area contributed by atoms with Crippen molar-refractivity contribution in [3.05, 3.63) is 48.0 Å². The lowest BCUT2D eigenvalue weighted by Crippen LogP contribution is -2.63. The van der Waals surface area contributed by atoms with E-state index in [9.17, 15) is 10.2 Å². The molecule has 2 N–H and O–H groups in total. The summed E-state index contributed by atoms with van der Waals surface area (Å²) in [7, 11) is 0. The van der Waals surface area contributed by atoms with Crippen LogP contribution >= 0.6 is 0 Å². The molecule has 1 saturated heterocycles. The van der Waals surface area contributed by atoms with Crippen LogP contribution in [0.3, 0.4) is 0 Å². The van der Waals surface area contributed by atoms with E-state index >= 15 is 0 Å². The highest BCUT2D eigenvalue weighted by Crippen LogP contribution is 2.68. The lowest BCUT2D eigenvalue weighted by molar-refractivity contribution is -0.206. The summed E-state index contributed by atoms with van der Waals surface area (Å²) in [4.78, 5) is 2.52. The first-order valence-corrected chi connectivity index (χ1v) is 13.5. The van der Waals surface area contributed by atoms with Gasteiger partial charge in [-0.1, -0.05) is 31.6 Å². The smallest absolute Gasteiger partial charge is 0.119 e. The summed E-state index contributed by atoms with van der Waals surface area (Å²) in [6.07, 6.45) is 18.3. The van der Waals surface area contributed by atoms with E-state index < -0.39 is 16.6 Å². The van der Waals surface area contributed by atoms with Crippen molar-refractivity contribution < 1.29 is 19.4 Å². The maximum atomic E-state index is 12.2. The van der Waals surface area contributed by atoms with Gasteiger partial charge in [0.05, 0.1) is 30.8 Å². The Hall–Kier alpha value is -1.40. The van der Waals surface area contributed by atoms with E-state index in [-0.39, 0.29) is 11.3 Å². The minimum absolute atomic E-state index is 0.110. The van der Waals surface area contributed by atoms with E-state index in [1.807, 2.05) is 18.2 Å². The highest BCUT2D eigenvalue weighted by atomic mass is 16.5. The summed E-state index contributed by atoms with van der Waals surface area (Å²) in [6.45, 7) is 8.87. The molecule has 0 unspecified atom stereocenters. The molecule has 2 saturated carbocycles. The number of furan rings is 1. The highest BCUT2D eigenvalue weighted by Gasteiger charge is 2.69. The van der Waals surface area contributed by atoms with Gasteiger partial charge in [0, 0.05) is 17.5 Å². The van der Waals surface area contributed by atoms with Crippen LogP contribution in [0.25, 0.3) is 0 Å². The van der Waals surface area contributed by atoms with Gasteiger partial charge < -0.3 is 24.3 Å². The maximum Gasteiger partial charge on any atom is 0.119 e. The van der Waals surface area contributed by atoms with E-state index in [2.05, 4.69) is 24.8 Å². The van der Waals surface area contributed by atoms with Crippen LogP contribution in [-0.2, 0) is 10.3 Å². The van der Waals surface area contributed by atoms with Crippen LogP contribution in [0.5, 0.6) is 0 Å². The molecule has 5 heteroatoms. The minimum atomic E-state index is -1.20. The second kappa shape index (κ2) is 8.06. The number of rotatable bonds is 5. The van der Waals surface area contributed by atoms with Crippen LogP contribution in [0.4, 0.5) is 0 Å². The Balaban J connectivity index is 1.20. The fourth-order valence-electron chi connectivity index (χ4n) is 8.51. The monoisotopic (exact) mass is 467 g/mol. The third-order valence-corrected chi connectivity index (χ3v) is 10.8. The van der Waals surface area contributed by atoms with Gasteiger partial charge >= 0.3 is 0 Å². The van der Waals surface area contributed by atoms with Crippen LogP contribution in [0, 0.1) is 22.7 Å². The zero-order chi connectivity index (χ0) is 23.6. The average molecular weight is 468 g/mol. The Kier molecular flexibility index (Phi) is 5.46. The Morgan fingerprint density at radius 1 is 1.09 bits per heavy atom. The molecule has 5 aliphatic rings. The van der Waals surface area contributed by atoms with Gasteiger partial charge in [-0.2, -0.15) is 0 Å². The topological polar surface area (TPSA) is 66.1 Å². The van der Waals surface area contributed by atoms with Gasteiger partial charge in [0.25, 0.3) is 0 Å². The van der Waals surface area contributed by atoms with Crippen molar-refractivity contribution in [1.82, 2.24) is 4.90 Å². The van der Waals surface area contributed by atoms with Gasteiger partial charge in [-0.05, 0) is 93.8 Å². The number of likely N-dealkylation sites (tertiary alicyclic amines) is 1. The van der Waals surface area contributed by atoms with Crippen molar-refractivity contribution in [2.45, 2.75) is 82.5 Å². The summed E-state index contributed by atoms with van der Waals surface area (Å²) in [5, 5.41) is 24.1. The van der Waals surface area contributed by atoms with Crippen LogP contribution in [0.1, 0.15) is 70.8 Å². The number of hydrogen-bond donors (Lipinski definition) is 2. The van der Waals surface area contributed by atoms with Crippen LogP contribution in [-0.4, -0.2) is 53.1 Å². The predicted octanol–water partition coefficient (Wildman–Crippen LogP) is 4.80. The fraction of sp³-hybridized carbons (Fsp3) is 0.724. The molecular formula is C29H41NO4. The molecule has 7 atom stereocenters. The molecule has 4 aliphatic carbocycles. The fourth-order valence-corrected chi connectivity index (χ4v) is 8.51. The van der Waals surface area contributed by atoms with Crippen molar-refractivity contribution in [3.8, 4) is 0 Å². The summed E-state index contributed by atoms with van der Waals surface area (Å²) >= 11 is 0. The van der Waals surface area contributed by atoms with Crippen molar-refractivity contribution in [1.29, 1.82) is 0 Å². The van der Waals surface area contributed by atoms with Crippen molar-refractivity contribution in [2.24, 2.45) is 22.7 Å². The number of allylic oxidation sites excluding steroid dienone is 1. The molecule has 0 radical (unpaired) electrons. The summed E-state index contributed by atoms with van der Waals surface area (Å²) < 4.78 is 11.7. The molecule has 0 amide bonds. The molecule has 1 aromatic heterocycles. The van der Waals surface area contributed by atoms with E-state index in [4.69, 9.17) is 9.15 Å². The first-order chi connectivity index (χ1) is 16.3. The molecular weight excluding hydrogens is 426 g/mol. The largest absolute Gasteiger partial charge is 0.472 e. The lowest BCUT2D eigenvalue weighted by atomic mass is 9.45. The average Bonchev–Trinajstić information content (AvgIpc) is 3.57. The van der Waals surface area contributed by atoms with Gasteiger partial charge in [-0.25, -0.2) is 0 Å². The molecule has 34 heavy (non-hydrogen) atoms. The number of ether oxygens (including phenoxy) is 1. The van der Waals surface area contributed by atoms with Gasteiger partial charge in [0.2, 0.25) is 0 Å². The molecule has 1 aliphatic heterocycles. The summed E-state index contributed by atoms with van der Waals surface area (Å²) in [5.41, 5.74) is -0.501. The first-order valence-electron chi connectivity index (χ1n) is 13.5. The second-order valence-electron chi connectivity index (χ2n) is 12.2. The Morgan fingerprint density at radius 3 is 2.68 bits per heavy atom. The predicted molar refractivity (Wildman–Crippen MR) is 131 cm³/mol. The third-order valence-electron chi connectivity index (χ3n) is 10.8. The standard InChI is InChI=1S/C29H41NO4/c1-26-10-7-23(34-18-16-30-14-3-4-15-30)19-21(26)5-6-25-24(26)8-11-27(2)28(31,12-13-29(25,27)32)22-9-17-33-20-22/h5,9,12-13,17,20,23-25,31-32H,3-4,6-8,10-11,14-16,18-19H2,1-2H3/t23-,24-,25+,26-,27+,28-,29-/m0/s1. The van der Waals surface area contributed by atoms with E-state index in [0.717, 1.165) is 57.2 Å². The van der Waals surface area contributed by atoms with Crippen molar-refractivity contribution >= 4 is 0 Å². The van der Waals surface area contributed by atoms with E-state index in [1.165, 1.54) is 25.9 Å². The molecule has 186 valence electrons. The highest BCUT2D eigenvalue weighted by molar-refractivity contribution is 5.41. The Bertz CT molecular complexity index is 965. The zero-order valence-corrected chi connectivity index (χ0v) is 20.8. The molecule has 0 aromatic carbocycles. The Labute approximate surface area is 203 Å². The van der Waals surface area contributed by atoms with Gasteiger partial charge in [0.1, 0.15) is 5.60 Å². The van der Waals surface area contributed by atoms with Crippen LogP contribution in [0.15, 0.2) is 46.8 Å². The zero-order valence-electron chi connectivity index (χ0n) is 20.8. The van der Waals surface area contributed by atoms with E-state index in [0.29, 0.717) is 12.0 Å². The van der Waals surface area contributed by atoms with E-state index in [1.54, 1.807) is 18.1 Å². The lowest BCUT2D eigenvalue weighted by Gasteiger charge is -2.62. The first kappa shape index (κ1) is 23.0. The molecule has 2 heterocycles. The van der Waals surface area contributed by atoms with Gasteiger partial charge in [0.15, 0.2) is 0 Å². The quantitative estimate of drug-likeness (QED) is 0.609. The number of fused-ring (bicyclic) bond motifs is 5. The Morgan fingerprint density at radius 2 is 1.91 bits per heavy atom. The van der Waals surface area contributed by atoms with Crippen LogP contribution < -0.4 is 0 Å². The molecule has 1 aromatic rings. The number of hydrogen-bond acceptors (Lipinski definition) is 5. The summed E-state index contributed by atoms with van der Waals surface area (Å²) in [6, 6.07) is 1.83. The van der Waals surface area contributed by atoms with Gasteiger partial charge in [-0.3, -0.25) is 0 Å². The SMILES string of the molecule is C[C@]12CC[C@H]3[C@@H](CC=C4C[C@@H](OCCN5CCCC5)CC[C@@]43C)[C@@]1(O)C=C[C@]2(O)c1ccoc1. The molecule has 3 fully saturated rings. The molecule has 5 nitrogen and oxygen atoms in total. The minimum Gasteiger partial charge on any atom is -0.472 e. The summed E-state index contributed by atoms with van der Waals surface area (Å²) in [5.74, 6) is 0.539. The molecule has 0 bridgehead atoms. The van der Waals surface area contributed by atoms with Crippen LogP contribution in [0.2, 0.25) is 0 Å². The second-order valence-corrected chi connectivity index (χ2v) is 12.2. The maximum absolute atomic E-state index is 12.2. The van der Waals surface area contributed by atoms with Crippen molar-refractivity contribution in [2.75, 3.05) is 26.2 Å². The number of aliphatic hydroxyl groups is 2. The van der Waals surface area contributed by atoms with Crippen molar-refractivity contribution in [3.63, 3.8) is 0 Å². The van der Waals surface area contributed by atoms with Gasteiger partial charge in [-0.15, -0.1) is 0 Å². The molecule has 6 rings (SSSR count).